The maximum Gasteiger partial charge on any atom is 0.338 e. The summed E-state index contributed by atoms with van der Waals surface area (Å²) >= 11 is 1.79. The van der Waals surface area contributed by atoms with Crippen LogP contribution in [0, 0.1) is 56.7 Å². The van der Waals surface area contributed by atoms with Crippen molar-refractivity contribution in [1.82, 2.24) is 5.32 Å². The fraction of sp³-hybridized carbons (Fsp3) is 0.740. The van der Waals surface area contributed by atoms with Crippen molar-refractivity contribution in [1.29, 1.82) is 0 Å². The highest BCUT2D eigenvalue weighted by Gasteiger charge is 2.71. The maximum atomic E-state index is 14.5. The van der Waals surface area contributed by atoms with E-state index in [1.807, 2.05) is 12.1 Å². The first kappa shape index (κ1) is 45.2. The average molecular weight is 832 g/mol. The number of nitrogens with one attached hydrogen (secondary N) is 1. The van der Waals surface area contributed by atoms with Gasteiger partial charge in [0.1, 0.15) is 6.61 Å². The summed E-state index contributed by atoms with van der Waals surface area (Å²) in [5, 5.41) is 3.79. The molecule has 5 aliphatic rings. The van der Waals surface area contributed by atoms with Crippen molar-refractivity contribution in [3.63, 3.8) is 0 Å². The minimum atomic E-state index is -1.27. The van der Waals surface area contributed by atoms with Crippen molar-refractivity contribution < 1.29 is 23.9 Å². The molecule has 1 N–H and O–H groups in total. The third-order valence-electron chi connectivity index (χ3n) is 17.0. The molecule has 0 spiro atoms. The van der Waals surface area contributed by atoms with Crippen LogP contribution in [0.15, 0.2) is 42.5 Å². The van der Waals surface area contributed by atoms with E-state index in [1.54, 1.807) is 11.8 Å². The lowest BCUT2D eigenvalue weighted by molar-refractivity contribution is -0.225. The maximum absolute atomic E-state index is 14.5. The zero-order valence-corrected chi connectivity index (χ0v) is 39.9. The first-order valence-electron chi connectivity index (χ1n) is 22.8. The van der Waals surface area contributed by atoms with Gasteiger partial charge < -0.3 is 14.8 Å². The smallest absolute Gasteiger partial charge is 0.338 e. The Hall–Kier alpha value is -2.32. The number of carbonyl (C=O) groups is 3. The minimum absolute atomic E-state index is 0.0127. The molecule has 0 bridgehead atoms. The van der Waals surface area contributed by atoms with Crippen LogP contribution in [0.25, 0.3) is 5.57 Å². The molecule has 322 valence electrons. The molecule has 8 heteroatoms. The Morgan fingerprint density at radius 3 is 2.24 bits per heavy atom. The van der Waals surface area contributed by atoms with Gasteiger partial charge in [0.15, 0.2) is 0 Å². The Bertz CT molecular complexity index is 1750. The summed E-state index contributed by atoms with van der Waals surface area (Å²) in [6.07, 6.45) is 12.5. The minimum Gasteiger partial charge on any atom is -0.465 e. The Kier molecular flexibility index (Phi) is 13.1. The van der Waals surface area contributed by atoms with Crippen LogP contribution < -0.4 is 5.32 Å². The van der Waals surface area contributed by atoms with E-state index >= 15 is 0 Å². The van der Waals surface area contributed by atoms with Crippen LogP contribution in [0.5, 0.6) is 0 Å². The second-order valence-corrected chi connectivity index (χ2v) is 29.4. The quantitative estimate of drug-likeness (QED) is 0.0870. The summed E-state index contributed by atoms with van der Waals surface area (Å²) in [5.74, 6) is 2.75. The number of rotatable bonds is 14. The van der Waals surface area contributed by atoms with Crippen LogP contribution in [0.3, 0.4) is 0 Å². The summed E-state index contributed by atoms with van der Waals surface area (Å²) in [6.45, 7) is 32.0. The monoisotopic (exact) mass is 832 g/mol. The van der Waals surface area contributed by atoms with E-state index in [-0.39, 0.29) is 51.8 Å². The van der Waals surface area contributed by atoms with Crippen molar-refractivity contribution in [3.8, 4) is 0 Å². The lowest BCUT2D eigenvalue weighted by atomic mass is 9.32. The average Bonchev–Trinajstić information content (AvgIpc) is 3.54. The molecule has 0 saturated heterocycles. The van der Waals surface area contributed by atoms with Crippen LogP contribution >= 0.6 is 11.8 Å². The van der Waals surface area contributed by atoms with Gasteiger partial charge in [0, 0.05) is 20.4 Å². The second-order valence-electron chi connectivity index (χ2n) is 22.1. The fourth-order valence-corrected chi connectivity index (χ4v) is 15.3. The molecule has 5 aliphatic carbocycles. The SMILES string of the molecule is C=C(C)[C@@H]1CC[C@]2(C(=O)NCCC(=O)OCCSC(C)C)CC[C@]3(C)[C@H](CC[C@@H]4[C@@]5(C)CC=C(c6ccc(C(=O)OCC[Si](C)(C)C)cc6)C(C)(C)[C@@H]5CC[C@]43C)[C@@H]12. The summed E-state index contributed by atoms with van der Waals surface area (Å²) in [4.78, 5) is 39.9. The number of ether oxygens (including phenoxy) is 2. The van der Waals surface area contributed by atoms with Gasteiger partial charge in [0.05, 0.1) is 24.0 Å². The molecule has 1 aromatic carbocycles. The van der Waals surface area contributed by atoms with Gasteiger partial charge in [-0.25, -0.2) is 4.79 Å². The third kappa shape index (κ3) is 8.21. The van der Waals surface area contributed by atoms with E-state index in [0.717, 1.165) is 50.3 Å². The summed E-state index contributed by atoms with van der Waals surface area (Å²) in [6, 6.07) is 9.20. The third-order valence-corrected chi connectivity index (χ3v) is 19.8. The largest absolute Gasteiger partial charge is 0.465 e. The summed E-state index contributed by atoms with van der Waals surface area (Å²) in [7, 11) is -1.27. The zero-order chi connectivity index (χ0) is 42.5. The topological polar surface area (TPSA) is 81.7 Å². The van der Waals surface area contributed by atoms with Gasteiger partial charge in [-0.2, -0.15) is 11.8 Å². The van der Waals surface area contributed by atoms with E-state index in [9.17, 15) is 14.4 Å². The molecule has 0 unspecified atom stereocenters. The zero-order valence-electron chi connectivity index (χ0n) is 38.1. The van der Waals surface area contributed by atoms with Gasteiger partial charge in [0.2, 0.25) is 5.91 Å². The van der Waals surface area contributed by atoms with E-state index in [1.165, 1.54) is 36.0 Å². The predicted octanol–water partition coefficient (Wildman–Crippen LogP) is 12.0. The standard InChI is InChI=1S/C50H77NO5SSi/c1-33(2)37-19-25-50(45(54)51-28-22-42(52)55-29-31-57-34(3)4)27-26-48(8)39(43(37)50)17-18-41-47(7)23-20-38(46(5,6)40(47)21-24-49(41,48)9)35-13-15-36(16-14-35)44(53)56-30-32-58(10,11)12/h13-16,20,34,37,39-41,43H,1,17-19,21-32H2,2-12H3,(H,51,54)/t37-,39+,40-,41+,43+,47-,48+,49+,50-/m0/s1. The van der Waals surface area contributed by atoms with Crippen LogP contribution in [-0.4, -0.2) is 56.7 Å². The number of amides is 1. The lowest BCUT2D eigenvalue weighted by Gasteiger charge is -2.72. The van der Waals surface area contributed by atoms with E-state index in [0.29, 0.717) is 54.2 Å². The van der Waals surface area contributed by atoms with Crippen molar-refractivity contribution in [2.75, 3.05) is 25.5 Å². The van der Waals surface area contributed by atoms with Crippen LogP contribution in [-0.2, 0) is 19.1 Å². The van der Waals surface area contributed by atoms with Crippen LogP contribution in [0.1, 0.15) is 136 Å². The Balaban J connectivity index is 1.18. The first-order chi connectivity index (χ1) is 27.1. The van der Waals surface area contributed by atoms with E-state index in [4.69, 9.17) is 9.47 Å². The molecule has 0 aliphatic heterocycles. The van der Waals surface area contributed by atoms with Gasteiger partial charge in [-0.15, -0.1) is 0 Å². The first-order valence-corrected chi connectivity index (χ1v) is 27.6. The number of thioether (sulfide) groups is 1. The predicted molar refractivity (Wildman–Crippen MR) is 243 cm³/mol. The molecule has 0 radical (unpaired) electrons. The highest BCUT2D eigenvalue weighted by atomic mass is 32.2. The molecular formula is C50H77NO5SSi. The summed E-state index contributed by atoms with van der Waals surface area (Å²) in [5.41, 5.74) is 4.56. The molecule has 4 fully saturated rings. The van der Waals surface area contributed by atoms with Crippen molar-refractivity contribution >= 4 is 43.3 Å². The molecule has 6 nitrogen and oxygen atoms in total. The molecule has 0 aromatic heterocycles. The van der Waals surface area contributed by atoms with Crippen LogP contribution in [0.4, 0.5) is 0 Å². The molecular weight excluding hydrogens is 755 g/mol. The Morgan fingerprint density at radius 1 is 0.879 bits per heavy atom. The number of benzene rings is 1. The van der Waals surface area contributed by atoms with Gasteiger partial charge in [-0.05, 0) is 151 Å². The molecule has 1 aromatic rings. The number of carbonyl (C=O) groups excluding carboxylic acids is 3. The van der Waals surface area contributed by atoms with Gasteiger partial charge in [0.25, 0.3) is 0 Å². The van der Waals surface area contributed by atoms with Crippen molar-refractivity contribution in [3.05, 3.63) is 53.6 Å². The van der Waals surface area contributed by atoms with Crippen molar-refractivity contribution in [2.24, 2.45) is 56.7 Å². The normalized spacial score (nSPS) is 35.1. The number of allylic oxidation sites excluding steroid dienone is 3. The van der Waals surface area contributed by atoms with Gasteiger partial charge in [-0.3, -0.25) is 9.59 Å². The Labute approximate surface area is 357 Å². The molecule has 4 saturated carbocycles. The Morgan fingerprint density at radius 2 is 1.59 bits per heavy atom. The molecule has 1 amide bonds. The number of esters is 2. The fourth-order valence-electron chi connectivity index (χ4n) is 13.9. The van der Waals surface area contributed by atoms with E-state index in [2.05, 4.69) is 105 Å². The highest BCUT2D eigenvalue weighted by molar-refractivity contribution is 7.99. The second kappa shape index (κ2) is 16.9. The van der Waals surface area contributed by atoms with Gasteiger partial charge in [-0.1, -0.05) is 98.5 Å². The molecule has 0 heterocycles. The van der Waals surface area contributed by atoms with Crippen molar-refractivity contribution in [2.45, 2.75) is 151 Å². The van der Waals surface area contributed by atoms with Crippen LogP contribution in [0.2, 0.25) is 25.7 Å². The molecule has 9 atom stereocenters. The molecule has 58 heavy (non-hydrogen) atoms. The number of hydrogen-bond acceptors (Lipinski definition) is 6. The van der Waals surface area contributed by atoms with E-state index < -0.39 is 13.5 Å². The molecule has 6 rings (SSSR count). The number of hydrogen-bond donors (Lipinski definition) is 1. The highest BCUT2D eigenvalue weighted by Crippen LogP contribution is 2.77. The summed E-state index contributed by atoms with van der Waals surface area (Å²) < 4.78 is 11.1. The van der Waals surface area contributed by atoms with Gasteiger partial charge >= 0.3 is 11.9 Å². The lowest BCUT2D eigenvalue weighted by Crippen LogP contribution is -2.66. The number of fused-ring (bicyclic) bond motifs is 7.